The van der Waals surface area contributed by atoms with Crippen molar-refractivity contribution in [2.75, 3.05) is 13.2 Å². The quantitative estimate of drug-likeness (QED) is 0.479. The molecule has 1 saturated carbocycles. The molecule has 2 atom stereocenters. The van der Waals surface area contributed by atoms with Gasteiger partial charge in [-0.15, -0.1) is 12.3 Å². The Bertz CT molecular complexity index is 265. The molecular formula is C18H33NO. The standard InChI is InChI=1S/C18H33NO/c1-4-7-9-14-17(19-15-5-2)18(20-6-3)16-12-10-8-11-13-16/h1,16-19H,5-15H2,2-3H3. The molecule has 2 nitrogen and oxygen atoms in total. The lowest BCUT2D eigenvalue weighted by atomic mass is 9.81. The van der Waals surface area contributed by atoms with E-state index < -0.39 is 0 Å². The SMILES string of the molecule is C#CCCCC(NCCC)C(OCC)C1CCCCC1. The fourth-order valence-corrected chi connectivity index (χ4v) is 3.37. The number of terminal acetylenes is 1. The second kappa shape index (κ2) is 11.2. The minimum atomic E-state index is 0.379. The second-order valence-corrected chi connectivity index (χ2v) is 5.98. The van der Waals surface area contributed by atoms with Gasteiger partial charge in [-0.05, 0) is 51.5 Å². The molecule has 0 aromatic rings. The van der Waals surface area contributed by atoms with Gasteiger partial charge in [-0.25, -0.2) is 0 Å². The van der Waals surface area contributed by atoms with Crippen LogP contribution in [0.3, 0.4) is 0 Å². The normalized spacial score (nSPS) is 19.4. The van der Waals surface area contributed by atoms with Crippen molar-refractivity contribution in [3.05, 3.63) is 0 Å². The lowest BCUT2D eigenvalue weighted by molar-refractivity contribution is -0.0196. The minimum absolute atomic E-state index is 0.379. The molecule has 1 aliphatic rings. The summed E-state index contributed by atoms with van der Waals surface area (Å²) in [4.78, 5) is 0. The van der Waals surface area contributed by atoms with Crippen LogP contribution < -0.4 is 5.32 Å². The molecule has 116 valence electrons. The number of hydrogen-bond acceptors (Lipinski definition) is 2. The minimum Gasteiger partial charge on any atom is -0.377 e. The average Bonchev–Trinajstić information content (AvgIpc) is 2.50. The van der Waals surface area contributed by atoms with Crippen molar-refractivity contribution in [1.82, 2.24) is 5.32 Å². The van der Waals surface area contributed by atoms with Gasteiger partial charge in [0.2, 0.25) is 0 Å². The van der Waals surface area contributed by atoms with Crippen LogP contribution in [-0.2, 0) is 4.74 Å². The van der Waals surface area contributed by atoms with Crippen LogP contribution in [0.15, 0.2) is 0 Å². The Morgan fingerprint density at radius 2 is 2.00 bits per heavy atom. The maximum atomic E-state index is 6.16. The number of rotatable bonds is 10. The van der Waals surface area contributed by atoms with Crippen molar-refractivity contribution in [1.29, 1.82) is 0 Å². The van der Waals surface area contributed by atoms with Crippen molar-refractivity contribution >= 4 is 0 Å². The van der Waals surface area contributed by atoms with Gasteiger partial charge in [-0.3, -0.25) is 0 Å². The van der Waals surface area contributed by atoms with E-state index in [1.165, 1.54) is 38.5 Å². The van der Waals surface area contributed by atoms with Crippen LogP contribution in [0, 0.1) is 18.3 Å². The van der Waals surface area contributed by atoms with Crippen LogP contribution in [0.25, 0.3) is 0 Å². The molecule has 2 heteroatoms. The smallest absolute Gasteiger partial charge is 0.0755 e. The van der Waals surface area contributed by atoms with Gasteiger partial charge in [0, 0.05) is 19.1 Å². The van der Waals surface area contributed by atoms with Crippen molar-refractivity contribution in [3.63, 3.8) is 0 Å². The first kappa shape index (κ1) is 17.5. The molecule has 0 bridgehead atoms. The van der Waals surface area contributed by atoms with E-state index in [0.717, 1.165) is 38.3 Å². The Hall–Kier alpha value is -0.520. The second-order valence-electron chi connectivity index (χ2n) is 5.98. The fraction of sp³-hybridized carbons (Fsp3) is 0.889. The molecule has 0 amide bonds. The van der Waals surface area contributed by atoms with Crippen molar-refractivity contribution in [2.45, 2.75) is 83.8 Å². The van der Waals surface area contributed by atoms with Crippen LogP contribution >= 0.6 is 0 Å². The molecule has 0 aromatic carbocycles. The topological polar surface area (TPSA) is 21.3 Å². The van der Waals surface area contributed by atoms with E-state index in [4.69, 9.17) is 11.2 Å². The third kappa shape index (κ3) is 6.29. The highest BCUT2D eigenvalue weighted by atomic mass is 16.5. The van der Waals surface area contributed by atoms with Gasteiger partial charge in [-0.2, -0.15) is 0 Å². The van der Waals surface area contributed by atoms with Crippen molar-refractivity contribution in [3.8, 4) is 12.3 Å². The first-order valence-corrected chi connectivity index (χ1v) is 8.61. The zero-order chi connectivity index (χ0) is 14.6. The van der Waals surface area contributed by atoms with E-state index in [9.17, 15) is 0 Å². The van der Waals surface area contributed by atoms with Crippen LogP contribution in [0.2, 0.25) is 0 Å². The Balaban J connectivity index is 2.60. The predicted molar refractivity (Wildman–Crippen MR) is 86.8 cm³/mol. The Labute approximate surface area is 126 Å². The van der Waals surface area contributed by atoms with Crippen LogP contribution in [0.1, 0.15) is 71.6 Å². The summed E-state index contributed by atoms with van der Waals surface area (Å²) in [7, 11) is 0. The lowest BCUT2D eigenvalue weighted by Gasteiger charge is -2.36. The third-order valence-electron chi connectivity index (χ3n) is 4.36. The van der Waals surface area contributed by atoms with E-state index in [1.54, 1.807) is 0 Å². The summed E-state index contributed by atoms with van der Waals surface area (Å²) in [5.74, 6) is 3.50. The van der Waals surface area contributed by atoms with Crippen LogP contribution in [-0.4, -0.2) is 25.3 Å². The zero-order valence-electron chi connectivity index (χ0n) is 13.5. The Morgan fingerprint density at radius 3 is 2.60 bits per heavy atom. The van der Waals surface area contributed by atoms with Crippen LogP contribution in [0.4, 0.5) is 0 Å². The van der Waals surface area contributed by atoms with E-state index in [-0.39, 0.29) is 0 Å². The summed E-state index contributed by atoms with van der Waals surface area (Å²) in [6.07, 6.45) is 16.9. The molecule has 20 heavy (non-hydrogen) atoms. The van der Waals surface area contributed by atoms with Crippen molar-refractivity contribution in [2.24, 2.45) is 5.92 Å². The first-order valence-electron chi connectivity index (χ1n) is 8.61. The number of ether oxygens (including phenoxy) is 1. The molecule has 0 spiro atoms. The van der Waals surface area contributed by atoms with Gasteiger partial charge in [0.05, 0.1) is 6.10 Å². The monoisotopic (exact) mass is 279 g/mol. The molecule has 0 saturated heterocycles. The summed E-state index contributed by atoms with van der Waals surface area (Å²) in [5, 5.41) is 3.72. The molecular weight excluding hydrogens is 246 g/mol. The fourth-order valence-electron chi connectivity index (χ4n) is 3.37. The third-order valence-corrected chi connectivity index (χ3v) is 4.36. The van der Waals surface area contributed by atoms with E-state index >= 15 is 0 Å². The molecule has 0 aliphatic heterocycles. The lowest BCUT2D eigenvalue weighted by Crippen LogP contribution is -2.46. The number of unbranched alkanes of at least 4 members (excludes halogenated alkanes) is 1. The van der Waals surface area contributed by atoms with E-state index in [0.29, 0.717) is 12.1 Å². The number of hydrogen-bond donors (Lipinski definition) is 1. The summed E-state index contributed by atoms with van der Waals surface area (Å²) in [6, 6.07) is 0.478. The summed E-state index contributed by atoms with van der Waals surface area (Å²) in [5.41, 5.74) is 0. The highest BCUT2D eigenvalue weighted by molar-refractivity contribution is 4.88. The largest absolute Gasteiger partial charge is 0.377 e. The number of nitrogens with one attached hydrogen (secondary N) is 1. The van der Waals surface area contributed by atoms with Gasteiger partial charge in [0.25, 0.3) is 0 Å². The Kier molecular flexibility index (Phi) is 9.79. The molecule has 0 heterocycles. The summed E-state index contributed by atoms with van der Waals surface area (Å²) >= 11 is 0. The highest BCUT2D eigenvalue weighted by Crippen LogP contribution is 2.30. The Morgan fingerprint density at radius 1 is 1.25 bits per heavy atom. The highest BCUT2D eigenvalue weighted by Gasteiger charge is 2.30. The molecule has 0 aromatic heterocycles. The maximum Gasteiger partial charge on any atom is 0.0755 e. The molecule has 1 rings (SSSR count). The predicted octanol–water partition coefficient (Wildman–Crippen LogP) is 4.14. The maximum absolute atomic E-state index is 6.16. The van der Waals surface area contributed by atoms with E-state index in [1.807, 2.05) is 0 Å². The van der Waals surface area contributed by atoms with E-state index in [2.05, 4.69) is 25.1 Å². The van der Waals surface area contributed by atoms with Gasteiger partial charge in [0.1, 0.15) is 0 Å². The zero-order valence-corrected chi connectivity index (χ0v) is 13.5. The molecule has 1 N–H and O–H groups in total. The van der Waals surface area contributed by atoms with Gasteiger partial charge >= 0.3 is 0 Å². The molecule has 2 unspecified atom stereocenters. The molecule has 0 radical (unpaired) electrons. The molecule has 1 aliphatic carbocycles. The van der Waals surface area contributed by atoms with Gasteiger partial charge in [0.15, 0.2) is 0 Å². The van der Waals surface area contributed by atoms with Gasteiger partial charge in [-0.1, -0.05) is 26.2 Å². The summed E-state index contributed by atoms with van der Waals surface area (Å²) in [6.45, 7) is 6.24. The van der Waals surface area contributed by atoms with Crippen LogP contribution in [0.5, 0.6) is 0 Å². The van der Waals surface area contributed by atoms with Gasteiger partial charge < -0.3 is 10.1 Å². The summed E-state index contributed by atoms with van der Waals surface area (Å²) < 4.78 is 6.16. The average molecular weight is 279 g/mol. The first-order chi connectivity index (χ1) is 9.83. The van der Waals surface area contributed by atoms with Crippen molar-refractivity contribution < 1.29 is 4.74 Å². The molecule has 1 fully saturated rings.